The van der Waals surface area contributed by atoms with E-state index in [1.807, 2.05) is 24.3 Å². The van der Waals surface area contributed by atoms with E-state index in [0.717, 1.165) is 57.3 Å². The van der Waals surface area contributed by atoms with E-state index in [4.69, 9.17) is 4.74 Å². The van der Waals surface area contributed by atoms with Gasteiger partial charge in [-0.15, -0.1) is 0 Å². The molecule has 0 saturated heterocycles. The summed E-state index contributed by atoms with van der Waals surface area (Å²) < 4.78 is 7.11. The lowest BCUT2D eigenvalue weighted by Gasteiger charge is -2.50. The molecular weight excluding hydrogens is 460 g/mol. The number of rotatable bonds is 2. The van der Waals surface area contributed by atoms with Crippen molar-refractivity contribution in [2.75, 3.05) is 18.5 Å². The molecule has 3 aliphatic heterocycles. The molecule has 1 spiro atoms. The number of fused-ring (bicyclic) bond motifs is 4. The molecule has 0 N–H and O–H groups in total. The lowest BCUT2D eigenvalue weighted by atomic mass is 9.72. The van der Waals surface area contributed by atoms with E-state index in [1.165, 1.54) is 10.5 Å². The Hall–Kier alpha value is -3.86. The highest BCUT2D eigenvalue weighted by molar-refractivity contribution is 6.19. The van der Waals surface area contributed by atoms with Crippen molar-refractivity contribution in [2.45, 2.75) is 50.7 Å². The van der Waals surface area contributed by atoms with Gasteiger partial charge in [0.05, 0.1) is 12.0 Å². The van der Waals surface area contributed by atoms with Gasteiger partial charge in [0.15, 0.2) is 0 Å². The monoisotopic (exact) mass is 490 g/mol. The van der Waals surface area contributed by atoms with Crippen LogP contribution in [0.4, 0.5) is 5.69 Å². The number of hydrogen-bond acceptors (Lipinski definition) is 4. The Bertz CT molecular complexity index is 1550. The molecule has 3 aromatic carbocycles. The van der Waals surface area contributed by atoms with Crippen LogP contribution in [0.3, 0.4) is 0 Å². The molecule has 1 atom stereocenters. The third-order valence-corrected chi connectivity index (χ3v) is 9.00. The van der Waals surface area contributed by atoms with E-state index in [-0.39, 0.29) is 18.4 Å². The van der Waals surface area contributed by atoms with E-state index in [0.29, 0.717) is 12.8 Å². The highest BCUT2D eigenvalue weighted by Gasteiger charge is 2.62. The number of imide groups is 1. The number of anilines is 1. The van der Waals surface area contributed by atoms with E-state index < -0.39 is 11.1 Å². The van der Waals surface area contributed by atoms with Gasteiger partial charge in [0.1, 0.15) is 5.75 Å². The molecule has 186 valence electrons. The Labute approximate surface area is 217 Å². The van der Waals surface area contributed by atoms with E-state index >= 15 is 0 Å². The van der Waals surface area contributed by atoms with Gasteiger partial charge < -0.3 is 9.64 Å². The normalized spacial score (nSPS) is 23.8. The number of carbonyl (C=O) groups excluding carboxylic acids is 2. The number of nitrogens with zero attached hydrogens (tertiary/aromatic N) is 2. The van der Waals surface area contributed by atoms with Crippen LogP contribution in [-0.4, -0.2) is 36.0 Å². The molecule has 0 fully saturated rings. The van der Waals surface area contributed by atoms with Crippen molar-refractivity contribution in [3.05, 3.63) is 88.5 Å². The van der Waals surface area contributed by atoms with Gasteiger partial charge >= 0.3 is 0 Å². The minimum Gasteiger partial charge on any atom is -0.462 e. The predicted molar refractivity (Wildman–Crippen MR) is 145 cm³/mol. The zero-order valence-electron chi connectivity index (χ0n) is 21.5. The van der Waals surface area contributed by atoms with Crippen LogP contribution in [0.5, 0.6) is 5.75 Å². The third-order valence-electron chi connectivity index (χ3n) is 9.00. The van der Waals surface area contributed by atoms with Crippen LogP contribution in [0.2, 0.25) is 0 Å². The molecule has 0 radical (unpaired) electrons. The molecule has 0 aromatic heterocycles. The highest BCUT2D eigenvalue weighted by atomic mass is 16.5. The fourth-order valence-corrected chi connectivity index (χ4v) is 7.15. The van der Waals surface area contributed by atoms with E-state index in [9.17, 15) is 9.59 Å². The molecule has 4 aliphatic rings. The first-order valence-corrected chi connectivity index (χ1v) is 13.2. The largest absolute Gasteiger partial charge is 0.462 e. The first-order chi connectivity index (χ1) is 17.8. The highest BCUT2D eigenvalue weighted by Crippen LogP contribution is 2.57. The van der Waals surface area contributed by atoms with Crippen LogP contribution < -0.4 is 9.64 Å². The van der Waals surface area contributed by atoms with Crippen LogP contribution in [0.1, 0.15) is 50.7 Å². The Morgan fingerprint density at radius 3 is 2.27 bits per heavy atom. The molecule has 3 aromatic rings. The van der Waals surface area contributed by atoms with Crippen molar-refractivity contribution in [3.8, 4) is 5.75 Å². The van der Waals surface area contributed by atoms with Gasteiger partial charge in [-0.05, 0) is 74.1 Å². The van der Waals surface area contributed by atoms with Crippen molar-refractivity contribution < 1.29 is 14.3 Å². The summed E-state index contributed by atoms with van der Waals surface area (Å²) in [6, 6.07) is 20.8. The molecule has 7 rings (SSSR count). The van der Waals surface area contributed by atoms with Gasteiger partial charge in [-0.1, -0.05) is 48.5 Å². The van der Waals surface area contributed by atoms with Crippen LogP contribution in [0.25, 0.3) is 16.8 Å². The predicted octanol–water partition coefficient (Wildman–Crippen LogP) is 5.98. The summed E-state index contributed by atoms with van der Waals surface area (Å²) in [4.78, 5) is 30.7. The first kappa shape index (κ1) is 22.3. The second kappa shape index (κ2) is 7.58. The van der Waals surface area contributed by atoms with Gasteiger partial charge in [-0.2, -0.15) is 0 Å². The van der Waals surface area contributed by atoms with Crippen molar-refractivity contribution in [1.82, 2.24) is 4.90 Å². The lowest BCUT2D eigenvalue weighted by Crippen LogP contribution is -2.62. The summed E-state index contributed by atoms with van der Waals surface area (Å²) in [5.41, 5.74) is 4.29. The van der Waals surface area contributed by atoms with Crippen LogP contribution in [0.15, 0.2) is 77.4 Å². The van der Waals surface area contributed by atoms with Gasteiger partial charge in [0.25, 0.3) is 11.8 Å². The maximum Gasteiger partial charge on any atom is 0.257 e. The number of amides is 2. The Balaban J connectivity index is 1.43. The Kier molecular flexibility index (Phi) is 4.58. The van der Waals surface area contributed by atoms with Gasteiger partial charge in [-0.3, -0.25) is 14.5 Å². The molecule has 5 heteroatoms. The molecule has 0 saturated carbocycles. The number of carbonyl (C=O) groups is 2. The van der Waals surface area contributed by atoms with Gasteiger partial charge in [-0.25, -0.2) is 0 Å². The molecule has 1 unspecified atom stereocenters. The molecular formula is C32H30N2O3. The van der Waals surface area contributed by atoms with Crippen molar-refractivity contribution >= 4 is 34.4 Å². The van der Waals surface area contributed by atoms with Gasteiger partial charge in [0.2, 0.25) is 5.72 Å². The van der Waals surface area contributed by atoms with Gasteiger partial charge in [0, 0.05) is 35.0 Å². The molecule has 5 nitrogen and oxygen atoms in total. The molecule has 2 amide bonds. The second-order valence-corrected chi connectivity index (χ2v) is 11.2. The summed E-state index contributed by atoms with van der Waals surface area (Å²) in [7, 11) is 2.06. The smallest absolute Gasteiger partial charge is 0.257 e. The Morgan fingerprint density at radius 1 is 0.865 bits per heavy atom. The van der Waals surface area contributed by atoms with Crippen LogP contribution in [-0.2, 0) is 15.0 Å². The number of ether oxygens (including phenoxy) is 1. The summed E-state index contributed by atoms with van der Waals surface area (Å²) in [5, 5.41) is 2.23. The number of likely N-dealkylation sites (N-methyl/N-ethyl adjacent to an activating group) is 1. The van der Waals surface area contributed by atoms with Crippen LogP contribution >= 0.6 is 0 Å². The second-order valence-electron chi connectivity index (χ2n) is 11.2. The van der Waals surface area contributed by atoms with Crippen molar-refractivity contribution in [1.29, 1.82) is 0 Å². The third kappa shape index (κ3) is 2.80. The number of benzene rings is 3. The average Bonchev–Trinajstić information content (AvgIpc) is 3.25. The molecule has 37 heavy (non-hydrogen) atoms. The quantitative estimate of drug-likeness (QED) is 0.415. The summed E-state index contributed by atoms with van der Waals surface area (Å²) in [5.74, 6) is 0.553. The standard InChI is InChI=1S/C32H30N2O3/c1-31(2)26-14-8-9-15-27(26)33(3)32(31)21(19-34-29(35)23-12-6-7-13-24(23)30(34)36)18-25-22-11-5-4-10-20(22)16-17-28(25)37-32/h4-5,8-11,14-18H,6-7,12-13,19H2,1-3H3. The topological polar surface area (TPSA) is 49.9 Å². The lowest BCUT2D eigenvalue weighted by molar-refractivity contribution is -0.137. The first-order valence-electron chi connectivity index (χ1n) is 13.2. The van der Waals surface area contributed by atoms with Crippen molar-refractivity contribution in [2.24, 2.45) is 0 Å². The minimum absolute atomic E-state index is 0.129. The SMILES string of the molecule is CN1c2ccccc2C(C)(C)C12Oc1ccc3ccccc3c1C=C2CN1C(=O)C2=C(CCCC2)C1=O. The zero-order valence-corrected chi connectivity index (χ0v) is 21.5. The average molecular weight is 491 g/mol. The van der Waals surface area contributed by atoms with E-state index in [2.05, 4.69) is 68.3 Å². The molecule has 1 aliphatic carbocycles. The summed E-state index contributed by atoms with van der Waals surface area (Å²) in [6.07, 6.45) is 5.50. The fraction of sp³-hybridized carbons (Fsp3) is 0.312. The van der Waals surface area contributed by atoms with Crippen molar-refractivity contribution in [3.63, 3.8) is 0 Å². The zero-order chi connectivity index (χ0) is 25.5. The Morgan fingerprint density at radius 2 is 1.54 bits per heavy atom. The maximum atomic E-state index is 13.5. The fourth-order valence-electron chi connectivity index (χ4n) is 7.15. The summed E-state index contributed by atoms with van der Waals surface area (Å²) >= 11 is 0. The summed E-state index contributed by atoms with van der Waals surface area (Å²) in [6.45, 7) is 4.60. The number of para-hydroxylation sites is 1. The maximum absolute atomic E-state index is 13.5. The van der Waals surface area contributed by atoms with Crippen LogP contribution in [0, 0.1) is 0 Å². The number of hydrogen-bond donors (Lipinski definition) is 0. The minimum atomic E-state index is -0.893. The molecule has 3 heterocycles. The van der Waals surface area contributed by atoms with E-state index in [1.54, 1.807) is 0 Å². The molecule has 0 bridgehead atoms.